The van der Waals surface area contributed by atoms with Crippen molar-refractivity contribution in [2.45, 2.75) is 5.41 Å². The summed E-state index contributed by atoms with van der Waals surface area (Å²) in [5, 5.41) is 0. The zero-order valence-corrected chi connectivity index (χ0v) is 11.6. The van der Waals surface area contributed by atoms with Gasteiger partial charge in [-0.15, -0.1) is 0 Å². The first kappa shape index (κ1) is 11.1. The number of benzene rings is 2. The summed E-state index contributed by atoms with van der Waals surface area (Å²) in [6.07, 6.45) is 0. The lowest BCUT2D eigenvalue weighted by atomic mass is 9.78. The van der Waals surface area contributed by atoms with Crippen LogP contribution in [0.1, 0.15) is 11.1 Å². The van der Waals surface area contributed by atoms with E-state index in [4.69, 9.17) is 4.74 Å². The molecule has 1 atom stereocenters. The van der Waals surface area contributed by atoms with E-state index in [1.54, 1.807) is 0 Å². The number of hydrogen-bond acceptors (Lipinski definition) is 1. The summed E-state index contributed by atoms with van der Waals surface area (Å²) in [5.74, 6) is 1.04. The SMILES string of the molecule is ICC1(c2ccccc2)COc2ccccc21. The third-order valence-corrected chi connectivity index (χ3v) is 4.73. The fourth-order valence-corrected chi connectivity index (χ4v) is 3.52. The molecule has 0 saturated carbocycles. The van der Waals surface area contributed by atoms with Crippen molar-refractivity contribution in [2.75, 3.05) is 11.0 Å². The zero-order valence-electron chi connectivity index (χ0n) is 9.40. The van der Waals surface area contributed by atoms with Gasteiger partial charge in [0.15, 0.2) is 0 Å². The highest BCUT2D eigenvalue weighted by Crippen LogP contribution is 2.44. The minimum atomic E-state index is 0.0262. The molecule has 86 valence electrons. The van der Waals surface area contributed by atoms with E-state index in [-0.39, 0.29) is 5.41 Å². The maximum absolute atomic E-state index is 5.85. The lowest BCUT2D eigenvalue weighted by molar-refractivity contribution is 0.307. The molecule has 0 aromatic heterocycles. The number of para-hydroxylation sites is 1. The Kier molecular flexibility index (Phi) is 2.82. The summed E-state index contributed by atoms with van der Waals surface area (Å²) in [4.78, 5) is 0. The second kappa shape index (κ2) is 4.33. The van der Waals surface area contributed by atoms with Crippen LogP contribution in [0.3, 0.4) is 0 Å². The number of halogens is 1. The molecule has 0 radical (unpaired) electrons. The van der Waals surface area contributed by atoms with E-state index >= 15 is 0 Å². The van der Waals surface area contributed by atoms with Crippen molar-refractivity contribution in [2.24, 2.45) is 0 Å². The Labute approximate surface area is 115 Å². The van der Waals surface area contributed by atoms with E-state index in [0.717, 1.165) is 16.8 Å². The maximum Gasteiger partial charge on any atom is 0.123 e. The standard InChI is InChI=1S/C15H13IO/c16-10-15(12-6-2-1-3-7-12)11-17-14-9-5-4-8-13(14)15/h1-9H,10-11H2. The van der Waals surface area contributed by atoms with Gasteiger partial charge in [-0.05, 0) is 11.6 Å². The van der Waals surface area contributed by atoms with Gasteiger partial charge in [-0.2, -0.15) is 0 Å². The van der Waals surface area contributed by atoms with E-state index in [2.05, 4.69) is 71.1 Å². The Morgan fingerprint density at radius 3 is 2.47 bits per heavy atom. The van der Waals surface area contributed by atoms with Gasteiger partial charge in [0, 0.05) is 9.99 Å². The van der Waals surface area contributed by atoms with Gasteiger partial charge in [0.2, 0.25) is 0 Å². The van der Waals surface area contributed by atoms with Crippen LogP contribution in [0.25, 0.3) is 0 Å². The minimum Gasteiger partial charge on any atom is -0.492 e. The maximum atomic E-state index is 5.85. The van der Waals surface area contributed by atoms with E-state index < -0.39 is 0 Å². The third kappa shape index (κ3) is 1.66. The highest BCUT2D eigenvalue weighted by atomic mass is 127. The molecular weight excluding hydrogens is 323 g/mol. The molecule has 1 aliphatic heterocycles. The molecule has 0 fully saturated rings. The molecule has 3 rings (SSSR count). The molecule has 2 aromatic rings. The Morgan fingerprint density at radius 2 is 1.71 bits per heavy atom. The smallest absolute Gasteiger partial charge is 0.123 e. The normalized spacial score (nSPS) is 21.9. The summed E-state index contributed by atoms with van der Waals surface area (Å²) in [6.45, 7) is 0.749. The van der Waals surface area contributed by atoms with Crippen LogP contribution in [0.4, 0.5) is 0 Å². The van der Waals surface area contributed by atoms with Crippen molar-refractivity contribution in [1.29, 1.82) is 0 Å². The Balaban J connectivity index is 2.18. The second-order valence-electron chi connectivity index (χ2n) is 4.37. The first-order valence-electron chi connectivity index (χ1n) is 5.71. The highest BCUT2D eigenvalue weighted by molar-refractivity contribution is 14.1. The molecule has 0 aliphatic carbocycles. The lowest BCUT2D eigenvalue weighted by Crippen LogP contribution is -2.31. The van der Waals surface area contributed by atoms with Gasteiger partial charge in [0.1, 0.15) is 12.4 Å². The molecule has 0 spiro atoms. The summed E-state index contributed by atoms with van der Waals surface area (Å²) in [5.41, 5.74) is 2.69. The summed E-state index contributed by atoms with van der Waals surface area (Å²) in [7, 11) is 0. The largest absolute Gasteiger partial charge is 0.492 e. The Bertz CT molecular complexity index is 523. The molecule has 0 amide bonds. The van der Waals surface area contributed by atoms with Crippen molar-refractivity contribution in [3.05, 3.63) is 65.7 Å². The topological polar surface area (TPSA) is 9.23 Å². The molecule has 0 bridgehead atoms. The third-order valence-electron chi connectivity index (χ3n) is 3.43. The van der Waals surface area contributed by atoms with E-state index in [9.17, 15) is 0 Å². The van der Waals surface area contributed by atoms with Crippen LogP contribution in [0, 0.1) is 0 Å². The monoisotopic (exact) mass is 336 g/mol. The molecule has 0 saturated heterocycles. The summed E-state index contributed by atoms with van der Waals surface area (Å²) >= 11 is 2.46. The van der Waals surface area contributed by atoms with Gasteiger partial charge in [-0.3, -0.25) is 0 Å². The fourth-order valence-electron chi connectivity index (χ4n) is 2.45. The predicted molar refractivity (Wildman–Crippen MR) is 78.0 cm³/mol. The number of rotatable bonds is 2. The average molecular weight is 336 g/mol. The van der Waals surface area contributed by atoms with E-state index in [0.29, 0.717) is 0 Å². The van der Waals surface area contributed by atoms with Gasteiger partial charge >= 0.3 is 0 Å². The van der Waals surface area contributed by atoms with Crippen LogP contribution in [0.15, 0.2) is 54.6 Å². The van der Waals surface area contributed by atoms with Crippen molar-refractivity contribution in [3.8, 4) is 5.75 Å². The average Bonchev–Trinajstić information content (AvgIpc) is 2.80. The summed E-state index contributed by atoms with van der Waals surface area (Å²) in [6, 6.07) is 19.0. The molecule has 2 aromatic carbocycles. The molecule has 1 heterocycles. The van der Waals surface area contributed by atoms with Crippen molar-refractivity contribution < 1.29 is 4.74 Å². The molecule has 17 heavy (non-hydrogen) atoms. The first-order valence-corrected chi connectivity index (χ1v) is 7.23. The van der Waals surface area contributed by atoms with Crippen LogP contribution in [0.5, 0.6) is 5.75 Å². The van der Waals surface area contributed by atoms with Crippen LogP contribution in [-0.2, 0) is 5.41 Å². The second-order valence-corrected chi connectivity index (χ2v) is 5.13. The molecular formula is C15H13IO. The first-order chi connectivity index (χ1) is 8.37. The van der Waals surface area contributed by atoms with Gasteiger partial charge in [-0.1, -0.05) is 71.1 Å². The quantitative estimate of drug-likeness (QED) is 0.599. The Morgan fingerprint density at radius 1 is 1.00 bits per heavy atom. The number of fused-ring (bicyclic) bond motifs is 1. The molecule has 2 heteroatoms. The molecule has 0 N–H and O–H groups in total. The van der Waals surface area contributed by atoms with E-state index in [1.807, 2.05) is 6.07 Å². The highest BCUT2D eigenvalue weighted by Gasteiger charge is 2.40. The molecule has 1 aliphatic rings. The van der Waals surface area contributed by atoms with Crippen molar-refractivity contribution >= 4 is 22.6 Å². The Hall–Kier alpha value is -1.03. The predicted octanol–water partition coefficient (Wildman–Crippen LogP) is 3.80. The van der Waals surface area contributed by atoms with Crippen LogP contribution < -0.4 is 4.74 Å². The van der Waals surface area contributed by atoms with Crippen LogP contribution in [-0.4, -0.2) is 11.0 Å². The zero-order chi connectivity index (χ0) is 11.7. The minimum absolute atomic E-state index is 0.0262. The van der Waals surface area contributed by atoms with Gasteiger partial charge < -0.3 is 4.74 Å². The van der Waals surface area contributed by atoms with Gasteiger partial charge in [0.25, 0.3) is 0 Å². The van der Waals surface area contributed by atoms with Gasteiger partial charge in [-0.25, -0.2) is 0 Å². The summed E-state index contributed by atoms with van der Waals surface area (Å²) < 4.78 is 6.89. The lowest BCUT2D eigenvalue weighted by Gasteiger charge is -2.26. The van der Waals surface area contributed by atoms with Crippen molar-refractivity contribution in [3.63, 3.8) is 0 Å². The van der Waals surface area contributed by atoms with Gasteiger partial charge in [0.05, 0.1) is 5.41 Å². The number of hydrogen-bond donors (Lipinski definition) is 0. The number of alkyl halides is 1. The van der Waals surface area contributed by atoms with Crippen LogP contribution in [0.2, 0.25) is 0 Å². The number of ether oxygens (including phenoxy) is 1. The van der Waals surface area contributed by atoms with E-state index in [1.165, 1.54) is 11.1 Å². The molecule has 1 unspecified atom stereocenters. The fraction of sp³-hybridized carbons (Fsp3) is 0.200. The van der Waals surface area contributed by atoms with Crippen molar-refractivity contribution in [1.82, 2.24) is 0 Å². The molecule has 1 nitrogen and oxygen atoms in total. The van der Waals surface area contributed by atoms with Crippen LogP contribution >= 0.6 is 22.6 Å².